The topological polar surface area (TPSA) is 58.6 Å². The fourth-order valence-electron chi connectivity index (χ4n) is 2.39. The molecule has 2 aromatic rings. The van der Waals surface area contributed by atoms with Crippen molar-refractivity contribution in [3.05, 3.63) is 59.7 Å². The first-order valence-corrected chi connectivity index (χ1v) is 7.93. The quantitative estimate of drug-likeness (QED) is 0.885. The molecule has 2 amide bonds. The molecule has 0 fully saturated rings. The van der Waals surface area contributed by atoms with Gasteiger partial charge in [-0.05, 0) is 50.2 Å². The lowest BCUT2D eigenvalue weighted by Gasteiger charge is -2.19. The first-order chi connectivity index (χ1) is 11.6. The second-order valence-electron chi connectivity index (χ2n) is 5.24. The summed E-state index contributed by atoms with van der Waals surface area (Å²) >= 11 is 0. The molecule has 0 heterocycles. The molecule has 24 heavy (non-hydrogen) atoms. The molecule has 2 aromatic carbocycles. The molecule has 0 aliphatic rings. The van der Waals surface area contributed by atoms with Crippen molar-refractivity contribution in [2.75, 3.05) is 25.5 Å². The first-order valence-electron chi connectivity index (χ1n) is 7.93. The predicted octanol–water partition coefficient (Wildman–Crippen LogP) is 3.43. The number of carbonyl (C=O) groups excluding carboxylic acids is 2. The Labute approximate surface area is 142 Å². The van der Waals surface area contributed by atoms with Gasteiger partial charge in [0.25, 0.3) is 11.8 Å². The highest BCUT2D eigenvalue weighted by molar-refractivity contribution is 6.05. The van der Waals surface area contributed by atoms with Gasteiger partial charge in [-0.2, -0.15) is 0 Å². The molecule has 126 valence electrons. The van der Waals surface area contributed by atoms with Crippen LogP contribution in [-0.4, -0.2) is 36.9 Å². The van der Waals surface area contributed by atoms with Crippen molar-refractivity contribution in [2.24, 2.45) is 0 Å². The van der Waals surface area contributed by atoms with Gasteiger partial charge >= 0.3 is 0 Å². The standard InChI is InChI=1S/C19H22N2O3/c1-4-21(5-2)19(23)15-9-6-10-16(12-15)20-18(22)14-8-7-11-17(13-14)24-3/h6-13H,4-5H2,1-3H3,(H,20,22). The van der Waals surface area contributed by atoms with Crippen molar-refractivity contribution in [3.63, 3.8) is 0 Å². The maximum atomic E-state index is 12.4. The van der Waals surface area contributed by atoms with Crippen molar-refractivity contribution in [1.29, 1.82) is 0 Å². The van der Waals surface area contributed by atoms with Gasteiger partial charge in [-0.3, -0.25) is 9.59 Å². The lowest BCUT2D eigenvalue weighted by molar-refractivity contribution is 0.0772. The third-order valence-corrected chi connectivity index (χ3v) is 3.75. The lowest BCUT2D eigenvalue weighted by Crippen LogP contribution is -2.30. The van der Waals surface area contributed by atoms with Crippen LogP contribution in [0.3, 0.4) is 0 Å². The molecule has 0 bridgehead atoms. The van der Waals surface area contributed by atoms with Gasteiger partial charge < -0.3 is 15.0 Å². The van der Waals surface area contributed by atoms with Crippen molar-refractivity contribution in [1.82, 2.24) is 4.90 Å². The number of anilines is 1. The molecular weight excluding hydrogens is 304 g/mol. The zero-order valence-electron chi connectivity index (χ0n) is 14.2. The minimum atomic E-state index is -0.249. The molecule has 1 N–H and O–H groups in total. The Kier molecular flexibility index (Phi) is 5.95. The molecule has 5 heteroatoms. The Bertz CT molecular complexity index is 724. The molecule has 5 nitrogen and oxygen atoms in total. The predicted molar refractivity (Wildman–Crippen MR) is 94.6 cm³/mol. The molecule has 0 radical (unpaired) electrons. The van der Waals surface area contributed by atoms with Crippen molar-refractivity contribution < 1.29 is 14.3 Å². The number of carbonyl (C=O) groups is 2. The summed E-state index contributed by atoms with van der Waals surface area (Å²) in [5.74, 6) is 0.326. The Balaban J connectivity index is 2.17. The molecule has 0 aromatic heterocycles. The third kappa shape index (κ3) is 4.13. The van der Waals surface area contributed by atoms with E-state index in [2.05, 4.69) is 5.32 Å². The van der Waals surface area contributed by atoms with Gasteiger partial charge in [0.15, 0.2) is 0 Å². The van der Waals surface area contributed by atoms with E-state index >= 15 is 0 Å². The monoisotopic (exact) mass is 326 g/mol. The fourth-order valence-corrected chi connectivity index (χ4v) is 2.39. The second-order valence-corrected chi connectivity index (χ2v) is 5.24. The number of methoxy groups -OCH3 is 1. The molecule has 0 saturated carbocycles. The van der Waals surface area contributed by atoms with Crippen molar-refractivity contribution >= 4 is 17.5 Å². The van der Waals surface area contributed by atoms with E-state index in [1.54, 1.807) is 60.5 Å². The molecule has 2 rings (SSSR count). The van der Waals surface area contributed by atoms with Crippen molar-refractivity contribution in [2.45, 2.75) is 13.8 Å². The summed E-state index contributed by atoms with van der Waals surface area (Å²) in [6.07, 6.45) is 0. The molecule has 0 aliphatic heterocycles. The average molecular weight is 326 g/mol. The average Bonchev–Trinajstić information content (AvgIpc) is 2.63. The lowest BCUT2D eigenvalue weighted by atomic mass is 10.1. The summed E-state index contributed by atoms with van der Waals surface area (Å²) in [5.41, 5.74) is 1.64. The smallest absolute Gasteiger partial charge is 0.255 e. The zero-order valence-corrected chi connectivity index (χ0v) is 14.2. The van der Waals surface area contributed by atoms with Gasteiger partial charge in [-0.1, -0.05) is 12.1 Å². The molecule has 0 spiro atoms. The van der Waals surface area contributed by atoms with Crippen LogP contribution >= 0.6 is 0 Å². The molecular formula is C19H22N2O3. The van der Waals surface area contributed by atoms with Crippen LogP contribution < -0.4 is 10.1 Å². The molecule has 0 unspecified atom stereocenters. The number of hydrogen-bond acceptors (Lipinski definition) is 3. The van der Waals surface area contributed by atoms with Crippen LogP contribution in [0.1, 0.15) is 34.6 Å². The third-order valence-electron chi connectivity index (χ3n) is 3.75. The van der Waals surface area contributed by atoms with E-state index in [4.69, 9.17) is 4.74 Å². The van der Waals surface area contributed by atoms with E-state index in [0.29, 0.717) is 35.7 Å². The van der Waals surface area contributed by atoms with E-state index in [1.807, 2.05) is 13.8 Å². The number of nitrogens with zero attached hydrogens (tertiary/aromatic N) is 1. The largest absolute Gasteiger partial charge is 0.497 e. The molecule has 0 aliphatic carbocycles. The number of hydrogen-bond donors (Lipinski definition) is 1. The van der Waals surface area contributed by atoms with Gasteiger partial charge in [0.05, 0.1) is 7.11 Å². The van der Waals surface area contributed by atoms with Gasteiger partial charge in [0, 0.05) is 29.9 Å². The van der Waals surface area contributed by atoms with E-state index in [9.17, 15) is 9.59 Å². The highest BCUT2D eigenvalue weighted by atomic mass is 16.5. The second kappa shape index (κ2) is 8.15. The van der Waals surface area contributed by atoms with E-state index in [1.165, 1.54) is 0 Å². The van der Waals surface area contributed by atoms with E-state index in [-0.39, 0.29) is 11.8 Å². The summed E-state index contributed by atoms with van der Waals surface area (Å²) in [6.45, 7) is 5.18. The summed E-state index contributed by atoms with van der Waals surface area (Å²) < 4.78 is 5.13. The maximum absolute atomic E-state index is 12.4. The minimum absolute atomic E-state index is 0.0440. The zero-order chi connectivity index (χ0) is 17.5. The highest BCUT2D eigenvalue weighted by Crippen LogP contribution is 2.16. The Morgan fingerprint density at radius 2 is 1.67 bits per heavy atom. The van der Waals surface area contributed by atoms with Crippen LogP contribution in [0.2, 0.25) is 0 Å². The number of nitrogens with one attached hydrogen (secondary N) is 1. The summed E-state index contributed by atoms with van der Waals surface area (Å²) in [5, 5.41) is 2.81. The Morgan fingerprint density at radius 3 is 2.33 bits per heavy atom. The Hall–Kier alpha value is -2.82. The van der Waals surface area contributed by atoms with Gasteiger partial charge in [0.2, 0.25) is 0 Å². The minimum Gasteiger partial charge on any atom is -0.497 e. The van der Waals surface area contributed by atoms with Crippen LogP contribution in [0.15, 0.2) is 48.5 Å². The highest BCUT2D eigenvalue weighted by Gasteiger charge is 2.13. The maximum Gasteiger partial charge on any atom is 0.255 e. The number of ether oxygens (including phenoxy) is 1. The van der Waals surface area contributed by atoms with Crippen molar-refractivity contribution in [3.8, 4) is 5.75 Å². The van der Waals surface area contributed by atoms with Crippen LogP contribution in [0.4, 0.5) is 5.69 Å². The molecule has 0 saturated heterocycles. The van der Waals surface area contributed by atoms with Gasteiger partial charge in [-0.15, -0.1) is 0 Å². The normalized spacial score (nSPS) is 10.1. The van der Waals surface area contributed by atoms with Crippen LogP contribution in [-0.2, 0) is 0 Å². The summed E-state index contributed by atoms with van der Waals surface area (Å²) in [4.78, 5) is 26.5. The molecule has 0 atom stereocenters. The van der Waals surface area contributed by atoms with Crippen LogP contribution in [0.25, 0.3) is 0 Å². The first kappa shape index (κ1) is 17.5. The Morgan fingerprint density at radius 1 is 1.00 bits per heavy atom. The number of benzene rings is 2. The SMILES string of the molecule is CCN(CC)C(=O)c1cccc(NC(=O)c2cccc(OC)c2)c1. The van der Waals surface area contributed by atoms with Gasteiger partial charge in [-0.25, -0.2) is 0 Å². The summed E-state index contributed by atoms with van der Waals surface area (Å²) in [6, 6.07) is 13.9. The number of rotatable bonds is 6. The number of amides is 2. The van der Waals surface area contributed by atoms with Crippen LogP contribution in [0, 0.1) is 0 Å². The van der Waals surface area contributed by atoms with E-state index in [0.717, 1.165) is 0 Å². The van der Waals surface area contributed by atoms with Crippen LogP contribution in [0.5, 0.6) is 5.75 Å². The van der Waals surface area contributed by atoms with E-state index < -0.39 is 0 Å². The van der Waals surface area contributed by atoms with Gasteiger partial charge in [0.1, 0.15) is 5.75 Å². The fraction of sp³-hybridized carbons (Fsp3) is 0.263. The summed E-state index contributed by atoms with van der Waals surface area (Å²) in [7, 11) is 1.55.